The van der Waals surface area contributed by atoms with Crippen molar-refractivity contribution in [2.24, 2.45) is 0 Å². The molecule has 11 nitrogen and oxygen atoms in total. The molecule has 0 fully saturated rings. The van der Waals surface area contributed by atoms with E-state index in [0.29, 0.717) is 11.5 Å². The third-order valence-electron chi connectivity index (χ3n) is 5.26. The van der Waals surface area contributed by atoms with Crippen LogP contribution in [0.5, 0.6) is 11.5 Å². The fourth-order valence-corrected chi connectivity index (χ4v) is 3.59. The van der Waals surface area contributed by atoms with Gasteiger partial charge in [-0.25, -0.2) is 9.18 Å². The second-order valence-electron chi connectivity index (χ2n) is 7.69. The Morgan fingerprint density at radius 2 is 1.72 bits per heavy atom. The number of hydrogen-bond donors (Lipinski definition) is 3. The van der Waals surface area contributed by atoms with Crippen molar-refractivity contribution >= 4 is 28.8 Å². The first-order valence-electron chi connectivity index (χ1n) is 11.1. The van der Waals surface area contributed by atoms with Crippen LogP contribution in [0.4, 0.5) is 4.39 Å². The number of benzene rings is 2. The first kappa shape index (κ1) is 26.3. The Labute approximate surface area is 205 Å². The lowest BCUT2D eigenvalue weighted by Gasteiger charge is -2.11. The molecule has 0 aliphatic carbocycles. The van der Waals surface area contributed by atoms with Gasteiger partial charge in [0.15, 0.2) is 0 Å². The van der Waals surface area contributed by atoms with Crippen LogP contribution in [0.15, 0.2) is 35.1 Å². The summed E-state index contributed by atoms with van der Waals surface area (Å²) in [5, 5.41) is 5.10. The van der Waals surface area contributed by atoms with Crippen molar-refractivity contribution in [1.82, 2.24) is 20.2 Å². The third kappa shape index (κ3) is 6.40. The Bertz CT molecular complexity index is 1310. The van der Waals surface area contributed by atoms with E-state index < -0.39 is 42.3 Å². The minimum atomic E-state index is -0.731. The topological polar surface area (TPSA) is 141 Å². The van der Waals surface area contributed by atoms with E-state index >= 15 is 0 Å². The zero-order chi connectivity index (χ0) is 26.2. The molecule has 1 aromatic heterocycles. The van der Waals surface area contributed by atoms with E-state index in [0.717, 1.165) is 16.2 Å². The number of aromatic nitrogens is 2. The first-order valence-corrected chi connectivity index (χ1v) is 11.1. The average Bonchev–Trinajstić information content (AvgIpc) is 3.17. The highest BCUT2D eigenvalue weighted by molar-refractivity contribution is 5.89. The Balaban J connectivity index is 1.65. The number of fused-ring (bicyclic) bond motifs is 1. The number of nitrogens with one attached hydrogen (secondary N) is 3. The predicted molar refractivity (Wildman–Crippen MR) is 127 cm³/mol. The summed E-state index contributed by atoms with van der Waals surface area (Å²) in [5.41, 5.74) is 0.349. The molecule has 0 bridgehead atoms. The number of amides is 2. The molecule has 192 valence electrons. The van der Waals surface area contributed by atoms with Crippen molar-refractivity contribution < 1.29 is 33.0 Å². The molecule has 2 aromatic carbocycles. The third-order valence-corrected chi connectivity index (χ3v) is 5.26. The minimum Gasteiger partial charge on any atom is -0.497 e. The lowest BCUT2D eigenvalue weighted by atomic mass is 10.1. The number of H-pyrrole nitrogens is 1. The van der Waals surface area contributed by atoms with Gasteiger partial charge in [-0.1, -0.05) is 0 Å². The van der Waals surface area contributed by atoms with E-state index in [4.69, 9.17) is 14.2 Å². The fraction of sp³-hybridized carbons (Fsp3) is 0.333. The van der Waals surface area contributed by atoms with Crippen LogP contribution in [0.1, 0.15) is 18.1 Å². The molecule has 0 saturated carbocycles. The number of carbonyl (C=O) groups is 3. The van der Waals surface area contributed by atoms with E-state index in [1.807, 2.05) is 0 Å². The fourth-order valence-electron chi connectivity index (χ4n) is 3.59. The number of methoxy groups -OCH3 is 2. The molecular formula is C24H27FN4O7. The van der Waals surface area contributed by atoms with Crippen LogP contribution in [-0.4, -0.2) is 54.7 Å². The molecule has 3 rings (SSSR count). The largest absolute Gasteiger partial charge is 0.497 e. The summed E-state index contributed by atoms with van der Waals surface area (Å²) in [4.78, 5) is 51.5. The van der Waals surface area contributed by atoms with Crippen molar-refractivity contribution in [3.8, 4) is 11.5 Å². The van der Waals surface area contributed by atoms with Gasteiger partial charge >= 0.3 is 11.7 Å². The minimum absolute atomic E-state index is 0.0830. The molecule has 0 spiro atoms. The number of rotatable bonds is 11. The van der Waals surface area contributed by atoms with Crippen molar-refractivity contribution in [2.75, 3.05) is 27.4 Å². The molecule has 3 N–H and O–H groups in total. The normalized spacial score (nSPS) is 10.7. The molecule has 2 amide bonds. The van der Waals surface area contributed by atoms with Gasteiger partial charge < -0.3 is 29.8 Å². The first-order chi connectivity index (χ1) is 17.2. The van der Waals surface area contributed by atoms with Crippen LogP contribution < -0.4 is 25.8 Å². The van der Waals surface area contributed by atoms with Crippen molar-refractivity contribution in [1.29, 1.82) is 0 Å². The average molecular weight is 502 g/mol. The number of aromatic amines is 1. The van der Waals surface area contributed by atoms with Gasteiger partial charge in [-0.05, 0) is 36.8 Å². The molecular weight excluding hydrogens is 475 g/mol. The van der Waals surface area contributed by atoms with E-state index in [9.17, 15) is 23.6 Å². The van der Waals surface area contributed by atoms with Gasteiger partial charge in [0.25, 0.3) is 0 Å². The molecule has 36 heavy (non-hydrogen) atoms. The summed E-state index contributed by atoms with van der Waals surface area (Å²) in [7, 11) is 3.03. The Hall–Kier alpha value is -4.35. The molecule has 0 aliphatic heterocycles. The Morgan fingerprint density at radius 3 is 2.36 bits per heavy atom. The van der Waals surface area contributed by atoms with Gasteiger partial charge in [-0.3, -0.25) is 19.0 Å². The van der Waals surface area contributed by atoms with Crippen LogP contribution in [0.25, 0.3) is 11.0 Å². The number of imidazole rings is 1. The lowest BCUT2D eigenvalue weighted by Crippen LogP contribution is -2.37. The molecule has 0 aliphatic rings. The van der Waals surface area contributed by atoms with Gasteiger partial charge in [0.05, 0.1) is 44.8 Å². The van der Waals surface area contributed by atoms with Gasteiger partial charge in [0.2, 0.25) is 11.8 Å². The summed E-state index contributed by atoms with van der Waals surface area (Å²) in [6.07, 6.45) is -0.455. The lowest BCUT2D eigenvalue weighted by molar-refractivity contribution is -0.143. The van der Waals surface area contributed by atoms with Crippen LogP contribution in [0.2, 0.25) is 0 Å². The second kappa shape index (κ2) is 11.9. The molecule has 0 saturated heterocycles. The highest BCUT2D eigenvalue weighted by Gasteiger charge is 2.20. The molecule has 1 heterocycles. The van der Waals surface area contributed by atoms with Crippen LogP contribution in [0.3, 0.4) is 0 Å². The smallest absolute Gasteiger partial charge is 0.327 e. The summed E-state index contributed by atoms with van der Waals surface area (Å²) >= 11 is 0. The maximum absolute atomic E-state index is 14.7. The molecule has 0 radical (unpaired) electrons. The Kier molecular flexibility index (Phi) is 8.66. The zero-order valence-electron chi connectivity index (χ0n) is 20.1. The van der Waals surface area contributed by atoms with E-state index in [1.54, 1.807) is 25.1 Å². The van der Waals surface area contributed by atoms with Gasteiger partial charge in [0, 0.05) is 18.2 Å². The molecule has 3 aromatic rings. The Morgan fingerprint density at radius 1 is 1.03 bits per heavy atom. The van der Waals surface area contributed by atoms with Gasteiger partial charge in [-0.2, -0.15) is 0 Å². The maximum Gasteiger partial charge on any atom is 0.327 e. The van der Waals surface area contributed by atoms with Crippen LogP contribution >= 0.6 is 0 Å². The van der Waals surface area contributed by atoms with Gasteiger partial charge in [0.1, 0.15) is 23.9 Å². The second-order valence-corrected chi connectivity index (χ2v) is 7.69. The summed E-state index contributed by atoms with van der Waals surface area (Å²) in [6.45, 7) is 1.12. The number of esters is 1. The van der Waals surface area contributed by atoms with Crippen molar-refractivity contribution in [2.45, 2.75) is 26.4 Å². The SMILES string of the molecule is CCOC(=O)Cn1c(=O)[nH]c2ccc(F)c(CC(=O)NCC(=O)NCc3cc(OC)cc(OC)c3)c21. The number of carbonyl (C=O) groups excluding carboxylic acids is 3. The number of halogens is 1. The van der Waals surface area contributed by atoms with Crippen LogP contribution in [-0.2, 0) is 38.6 Å². The highest BCUT2D eigenvalue weighted by Crippen LogP contribution is 2.22. The highest BCUT2D eigenvalue weighted by atomic mass is 19.1. The van der Waals surface area contributed by atoms with E-state index in [1.165, 1.54) is 20.3 Å². The number of hydrogen-bond acceptors (Lipinski definition) is 7. The molecule has 0 unspecified atom stereocenters. The quantitative estimate of drug-likeness (QED) is 0.333. The summed E-state index contributed by atoms with van der Waals surface area (Å²) in [6, 6.07) is 7.62. The summed E-state index contributed by atoms with van der Waals surface area (Å²) < 4.78 is 30.9. The predicted octanol–water partition coefficient (Wildman–Crippen LogP) is 1.02. The van der Waals surface area contributed by atoms with Crippen molar-refractivity contribution in [3.05, 3.63) is 57.8 Å². The maximum atomic E-state index is 14.7. The number of nitrogens with zero attached hydrogens (tertiary/aromatic N) is 1. The van der Waals surface area contributed by atoms with Crippen LogP contribution in [0, 0.1) is 5.82 Å². The monoisotopic (exact) mass is 502 g/mol. The number of ether oxygens (including phenoxy) is 3. The zero-order valence-corrected chi connectivity index (χ0v) is 20.1. The van der Waals surface area contributed by atoms with Crippen molar-refractivity contribution in [3.63, 3.8) is 0 Å². The van der Waals surface area contributed by atoms with E-state index in [-0.39, 0.29) is 36.3 Å². The van der Waals surface area contributed by atoms with Gasteiger partial charge in [-0.15, -0.1) is 0 Å². The molecule has 0 atom stereocenters. The molecule has 12 heteroatoms. The summed E-state index contributed by atoms with van der Waals surface area (Å²) in [5.74, 6) is -1.39. The standard InChI is InChI=1S/C24H27FN4O7/c1-4-36-22(32)13-29-23-17(18(25)5-6-19(23)28-24(29)33)10-20(30)27-12-21(31)26-11-14-7-15(34-2)9-16(8-14)35-3/h5-9H,4,10-13H2,1-3H3,(H,26,31)(H,27,30)(H,28,33). The van der Waals surface area contributed by atoms with E-state index in [2.05, 4.69) is 15.6 Å².